The van der Waals surface area contributed by atoms with Gasteiger partial charge < -0.3 is 10.2 Å². The number of benzene rings is 1. The lowest BCUT2D eigenvalue weighted by molar-refractivity contribution is 0.397. The van der Waals surface area contributed by atoms with E-state index in [-0.39, 0.29) is 11.5 Å². The van der Waals surface area contributed by atoms with Gasteiger partial charge in [-0.05, 0) is 12.5 Å². The Balaban J connectivity index is 2.59. The Morgan fingerprint density at radius 2 is 1.72 bits per heavy atom. The van der Waals surface area contributed by atoms with Gasteiger partial charge in [-0.25, -0.2) is 0 Å². The Labute approximate surface area is 126 Å². The number of unbranched alkanes of at least 4 members (excludes halogenated alkanes) is 4. The van der Waals surface area contributed by atoms with E-state index in [1.165, 1.54) is 31.7 Å². The van der Waals surface area contributed by atoms with Crippen molar-refractivity contribution in [2.45, 2.75) is 48.7 Å². The average Bonchev–Trinajstić information content (AvgIpc) is 2.32. The number of rotatable bonds is 7. The van der Waals surface area contributed by atoms with Crippen molar-refractivity contribution in [3.63, 3.8) is 0 Å². The molecule has 18 heavy (non-hydrogen) atoms. The fraction of sp³-hybridized carbons (Fsp3) is 0.571. The maximum absolute atomic E-state index is 9.86. The molecule has 1 aromatic rings. The molecular weight excluding hydrogens is 360 g/mol. The molecule has 0 aliphatic carbocycles. The topological polar surface area (TPSA) is 40.5 Å². The molecule has 0 heterocycles. The summed E-state index contributed by atoms with van der Waals surface area (Å²) in [5.41, 5.74) is 0.679. The highest BCUT2D eigenvalue weighted by molar-refractivity contribution is 9.24. The van der Waals surface area contributed by atoms with Crippen LogP contribution in [0.3, 0.4) is 0 Å². The normalized spacial score (nSPS) is 11.7. The van der Waals surface area contributed by atoms with E-state index >= 15 is 0 Å². The predicted octanol–water partition coefficient (Wildman–Crippen LogP) is 5.40. The van der Waals surface area contributed by atoms with E-state index in [0.29, 0.717) is 5.56 Å². The molecule has 2 nitrogen and oxygen atoms in total. The minimum absolute atomic E-state index is 0.0557. The third kappa shape index (κ3) is 4.47. The van der Waals surface area contributed by atoms with Crippen molar-refractivity contribution >= 4 is 31.9 Å². The minimum atomic E-state index is -0.463. The van der Waals surface area contributed by atoms with Crippen molar-refractivity contribution < 1.29 is 10.2 Å². The molecule has 0 aliphatic heterocycles. The summed E-state index contributed by atoms with van der Waals surface area (Å²) < 4.78 is -0.463. The van der Waals surface area contributed by atoms with E-state index in [2.05, 4.69) is 38.8 Å². The van der Waals surface area contributed by atoms with Crippen LogP contribution in [-0.4, -0.2) is 10.2 Å². The fourth-order valence-electron chi connectivity index (χ4n) is 1.91. The number of phenolic OH excluding ortho intramolecular Hbond substituents is 2. The molecule has 0 aliphatic rings. The summed E-state index contributed by atoms with van der Waals surface area (Å²) >= 11 is 7.18. The van der Waals surface area contributed by atoms with Crippen LogP contribution in [0.5, 0.6) is 11.5 Å². The molecule has 0 fully saturated rings. The van der Waals surface area contributed by atoms with E-state index in [1.54, 1.807) is 6.07 Å². The first-order valence-corrected chi connectivity index (χ1v) is 7.97. The summed E-state index contributed by atoms with van der Waals surface area (Å²) in [6.45, 7) is 2.20. The summed E-state index contributed by atoms with van der Waals surface area (Å²) in [5, 5.41) is 19.4. The second kappa shape index (κ2) is 7.39. The van der Waals surface area contributed by atoms with Crippen molar-refractivity contribution in [1.82, 2.24) is 0 Å². The van der Waals surface area contributed by atoms with Gasteiger partial charge in [-0.2, -0.15) is 0 Å². The Morgan fingerprint density at radius 3 is 2.39 bits per heavy atom. The van der Waals surface area contributed by atoms with Crippen molar-refractivity contribution in [2.75, 3.05) is 0 Å². The van der Waals surface area contributed by atoms with E-state index < -0.39 is 3.23 Å². The quantitative estimate of drug-likeness (QED) is 0.378. The number of phenols is 2. The Kier molecular flexibility index (Phi) is 6.50. The first-order chi connectivity index (χ1) is 8.49. The molecule has 0 radical (unpaired) electrons. The van der Waals surface area contributed by atoms with Gasteiger partial charge in [0.1, 0.15) is 3.23 Å². The largest absolute Gasteiger partial charge is 0.504 e. The van der Waals surface area contributed by atoms with E-state index in [0.717, 1.165) is 12.8 Å². The molecule has 0 saturated heterocycles. The van der Waals surface area contributed by atoms with Crippen LogP contribution < -0.4 is 0 Å². The van der Waals surface area contributed by atoms with Crippen LogP contribution in [0.25, 0.3) is 0 Å². The SMILES string of the molecule is CCCCCCCC(Br)(Br)c1cccc(O)c1O. The van der Waals surface area contributed by atoms with Crippen LogP contribution >= 0.6 is 31.9 Å². The number of aromatic hydroxyl groups is 2. The van der Waals surface area contributed by atoms with E-state index in [4.69, 9.17) is 0 Å². The maximum Gasteiger partial charge on any atom is 0.162 e. The summed E-state index contributed by atoms with van der Waals surface area (Å²) in [5.74, 6) is -0.137. The van der Waals surface area contributed by atoms with Crippen LogP contribution in [0.2, 0.25) is 0 Å². The minimum Gasteiger partial charge on any atom is -0.504 e. The number of alkyl halides is 2. The second-order valence-corrected chi connectivity index (χ2v) is 8.31. The fourth-order valence-corrected chi connectivity index (χ4v) is 3.11. The Hall–Kier alpha value is -0.220. The van der Waals surface area contributed by atoms with Crippen LogP contribution in [0.15, 0.2) is 18.2 Å². The van der Waals surface area contributed by atoms with Gasteiger partial charge in [-0.3, -0.25) is 0 Å². The Morgan fingerprint density at radius 1 is 1.06 bits per heavy atom. The number of halogens is 2. The highest BCUT2D eigenvalue weighted by Gasteiger charge is 2.28. The molecule has 0 spiro atoms. The molecular formula is C14H20Br2O2. The molecule has 0 aromatic heterocycles. The second-order valence-electron chi connectivity index (χ2n) is 4.54. The van der Waals surface area contributed by atoms with Gasteiger partial charge in [0.15, 0.2) is 11.5 Å². The predicted molar refractivity (Wildman–Crippen MR) is 82.7 cm³/mol. The van der Waals surface area contributed by atoms with Gasteiger partial charge in [-0.15, -0.1) is 0 Å². The smallest absolute Gasteiger partial charge is 0.162 e. The van der Waals surface area contributed by atoms with Crippen LogP contribution in [0, 0.1) is 0 Å². The molecule has 0 atom stereocenters. The van der Waals surface area contributed by atoms with Gasteiger partial charge in [0.25, 0.3) is 0 Å². The first kappa shape index (κ1) is 15.8. The van der Waals surface area contributed by atoms with Crippen molar-refractivity contribution in [3.05, 3.63) is 23.8 Å². The van der Waals surface area contributed by atoms with Gasteiger partial charge in [0.05, 0.1) is 0 Å². The van der Waals surface area contributed by atoms with Gasteiger partial charge >= 0.3 is 0 Å². The first-order valence-electron chi connectivity index (χ1n) is 6.38. The number of para-hydroxylation sites is 1. The molecule has 0 saturated carbocycles. The molecule has 0 amide bonds. The van der Waals surface area contributed by atoms with Crippen molar-refractivity contribution in [2.24, 2.45) is 0 Å². The molecule has 1 rings (SSSR count). The summed E-state index contributed by atoms with van der Waals surface area (Å²) in [7, 11) is 0. The molecule has 2 N–H and O–H groups in total. The lowest BCUT2D eigenvalue weighted by atomic mass is 10.0. The van der Waals surface area contributed by atoms with Crippen LogP contribution in [0.1, 0.15) is 51.0 Å². The summed E-state index contributed by atoms with van der Waals surface area (Å²) in [4.78, 5) is 0. The van der Waals surface area contributed by atoms with Gasteiger partial charge in [0.2, 0.25) is 0 Å². The molecule has 0 bridgehead atoms. The lowest BCUT2D eigenvalue weighted by Gasteiger charge is -2.22. The zero-order chi connectivity index (χ0) is 13.6. The zero-order valence-electron chi connectivity index (χ0n) is 10.6. The van der Waals surface area contributed by atoms with Crippen molar-refractivity contribution in [3.8, 4) is 11.5 Å². The van der Waals surface area contributed by atoms with Gasteiger partial charge in [-0.1, -0.05) is 83.0 Å². The van der Waals surface area contributed by atoms with Gasteiger partial charge in [0, 0.05) is 5.56 Å². The average molecular weight is 380 g/mol. The molecule has 102 valence electrons. The third-order valence-corrected chi connectivity index (χ3v) is 4.65. The standard InChI is InChI=1S/C14H20Br2O2/c1-2-3-4-5-6-10-14(15,16)11-8-7-9-12(17)13(11)18/h7-9,17-18H,2-6,10H2,1H3. The Bertz CT molecular complexity index is 378. The monoisotopic (exact) mass is 378 g/mol. The highest BCUT2D eigenvalue weighted by atomic mass is 79.9. The summed E-state index contributed by atoms with van der Waals surface area (Å²) in [6.07, 6.45) is 6.89. The van der Waals surface area contributed by atoms with Crippen molar-refractivity contribution in [1.29, 1.82) is 0 Å². The summed E-state index contributed by atoms with van der Waals surface area (Å²) in [6, 6.07) is 5.03. The van der Waals surface area contributed by atoms with Crippen LogP contribution in [-0.2, 0) is 3.23 Å². The van der Waals surface area contributed by atoms with E-state index in [1.807, 2.05) is 6.07 Å². The number of hydrogen-bond acceptors (Lipinski definition) is 2. The zero-order valence-corrected chi connectivity index (χ0v) is 13.8. The maximum atomic E-state index is 9.86. The highest BCUT2D eigenvalue weighted by Crippen LogP contribution is 2.48. The van der Waals surface area contributed by atoms with Crippen LogP contribution in [0.4, 0.5) is 0 Å². The molecule has 0 unspecified atom stereocenters. The lowest BCUT2D eigenvalue weighted by Crippen LogP contribution is -2.09. The third-order valence-electron chi connectivity index (χ3n) is 3.00. The van der Waals surface area contributed by atoms with E-state index in [9.17, 15) is 10.2 Å². The molecule has 1 aromatic carbocycles. The molecule has 4 heteroatoms. The number of hydrogen-bond donors (Lipinski definition) is 2.